The number of carboxylic acids is 1. The molecule has 1 atom stereocenters. The van der Waals surface area contributed by atoms with E-state index in [1.807, 2.05) is 0 Å². The van der Waals surface area contributed by atoms with Gasteiger partial charge in [0.25, 0.3) is 0 Å². The summed E-state index contributed by atoms with van der Waals surface area (Å²) in [6.45, 7) is 1.76. The van der Waals surface area contributed by atoms with E-state index in [0.29, 0.717) is 18.8 Å². The van der Waals surface area contributed by atoms with Crippen molar-refractivity contribution >= 4 is 11.9 Å². The number of carbonyl (C=O) groups is 2. The SMILES string of the molecule is CC[C@H](NC(=O)CCC1CCCCC1)C(=O)O. The van der Waals surface area contributed by atoms with Crippen molar-refractivity contribution in [2.45, 2.75) is 64.3 Å². The van der Waals surface area contributed by atoms with Crippen LogP contribution in [-0.4, -0.2) is 23.0 Å². The summed E-state index contributed by atoms with van der Waals surface area (Å²) in [4.78, 5) is 22.3. The Morgan fingerprint density at radius 3 is 2.47 bits per heavy atom. The van der Waals surface area contributed by atoms with E-state index in [-0.39, 0.29) is 5.91 Å². The van der Waals surface area contributed by atoms with E-state index >= 15 is 0 Å². The van der Waals surface area contributed by atoms with Gasteiger partial charge in [-0.05, 0) is 18.8 Å². The van der Waals surface area contributed by atoms with Crippen molar-refractivity contribution in [3.05, 3.63) is 0 Å². The predicted octanol–water partition coefficient (Wildman–Crippen LogP) is 2.33. The number of hydrogen-bond acceptors (Lipinski definition) is 2. The summed E-state index contributed by atoms with van der Waals surface area (Å²) in [7, 11) is 0. The maximum atomic E-state index is 11.6. The van der Waals surface area contributed by atoms with Gasteiger partial charge in [-0.25, -0.2) is 4.79 Å². The quantitative estimate of drug-likeness (QED) is 0.750. The van der Waals surface area contributed by atoms with Gasteiger partial charge in [0, 0.05) is 6.42 Å². The van der Waals surface area contributed by atoms with Gasteiger partial charge in [0.05, 0.1) is 0 Å². The van der Waals surface area contributed by atoms with Crippen LogP contribution in [0.3, 0.4) is 0 Å². The number of carboxylic acid groups (broad SMARTS) is 1. The molecule has 1 aliphatic rings. The molecule has 1 amide bonds. The summed E-state index contributed by atoms with van der Waals surface area (Å²) >= 11 is 0. The lowest BCUT2D eigenvalue weighted by Crippen LogP contribution is -2.40. The Morgan fingerprint density at radius 2 is 1.94 bits per heavy atom. The number of hydrogen-bond donors (Lipinski definition) is 2. The van der Waals surface area contributed by atoms with Crippen molar-refractivity contribution in [1.29, 1.82) is 0 Å². The molecular weight excluding hydrogens is 218 g/mol. The van der Waals surface area contributed by atoms with Gasteiger partial charge in [-0.1, -0.05) is 39.0 Å². The Labute approximate surface area is 103 Å². The van der Waals surface area contributed by atoms with Crippen LogP contribution in [-0.2, 0) is 9.59 Å². The van der Waals surface area contributed by atoms with Crippen LogP contribution in [0.25, 0.3) is 0 Å². The first-order valence-corrected chi connectivity index (χ1v) is 6.65. The minimum atomic E-state index is -0.946. The molecule has 2 N–H and O–H groups in total. The molecular formula is C13H23NO3. The highest BCUT2D eigenvalue weighted by Gasteiger charge is 2.19. The van der Waals surface area contributed by atoms with E-state index in [0.717, 1.165) is 6.42 Å². The molecule has 1 saturated carbocycles. The second kappa shape index (κ2) is 7.30. The first-order valence-electron chi connectivity index (χ1n) is 6.65. The molecule has 1 rings (SSSR count). The first-order chi connectivity index (χ1) is 8.13. The van der Waals surface area contributed by atoms with Gasteiger partial charge in [-0.3, -0.25) is 4.79 Å². The molecule has 98 valence electrons. The lowest BCUT2D eigenvalue weighted by Gasteiger charge is -2.21. The second-order valence-electron chi connectivity index (χ2n) is 4.91. The monoisotopic (exact) mass is 241 g/mol. The van der Waals surface area contributed by atoms with Crippen molar-refractivity contribution in [3.63, 3.8) is 0 Å². The number of rotatable bonds is 6. The van der Waals surface area contributed by atoms with Crippen LogP contribution in [0.1, 0.15) is 58.3 Å². The van der Waals surface area contributed by atoms with Crippen molar-refractivity contribution < 1.29 is 14.7 Å². The Hall–Kier alpha value is -1.06. The smallest absolute Gasteiger partial charge is 0.326 e. The zero-order valence-electron chi connectivity index (χ0n) is 10.6. The molecule has 0 bridgehead atoms. The van der Waals surface area contributed by atoms with Gasteiger partial charge in [0.15, 0.2) is 0 Å². The van der Waals surface area contributed by atoms with Crippen LogP contribution >= 0.6 is 0 Å². The summed E-state index contributed by atoms with van der Waals surface area (Å²) in [5, 5.41) is 11.4. The largest absolute Gasteiger partial charge is 0.480 e. The molecule has 0 unspecified atom stereocenters. The Kier molecular flexibility index (Phi) is 6.01. The summed E-state index contributed by atoms with van der Waals surface area (Å²) in [6, 6.07) is -0.728. The maximum Gasteiger partial charge on any atom is 0.326 e. The molecule has 4 nitrogen and oxygen atoms in total. The van der Waals surface area contributed by atoms with Crippen LogP contribution in [0.15, 0.2) is 0 Å². The van der Waals surface area contributed by atoms with Crippen LogP contribution in [0, 0.1) is 5.92 Å². The van der Waals surface area contributed by atoms with Crippen LogP contribution in [0.4, 0.5) is 0 Å². The number of amides is 1. The third kappa shape index (κ3) is 5.20. The average molecular weight is 241 g/mol. The van der Waals surface area contributed by atoms with Crippen molar-refractivity contribution in [2.24, 2.45) is 5.92 Å². The molecule has 17 heavy (non-hydrogen) atoms. The molecule has 0 saturated heterocycles. The highest BCUT2D eigenvalue weighted by atomic mass is 16.4. The predicted molar refractivity (Wildman–Crippen MR) is 65.7 cm³/mol. The topological polar surface area (TPSA) is 66.4 Å². The van der Waals surface area contributed by atoms with E-state index in [9.17, 15) is 9.59 Å². The lowest BCUT2D eigenvalue weighted by atomic mass is 9.86. The Morgan fingerprint density at radius 1 is 1.29 bits per heavy atom. The van der Waals surface area contributed by atoms with Gasteiger partial charge < -0.3 is 10.4 Å². The Balaban J connectivity index is 2.21. The van der Waals surface area contributed by atoms with Gasteiger partial charge >= 0.3 is 5.97 Å². The molecule has 0 aromatic heterocycles. The van der Waals surface area contributed by atoms with Crippen LogP contribution in [0.5, 0.6) is 0 Å². The lowest BCUT2D eigenvalue weighted by molar-refractivity contribution is -0.141. The van der Waals surface area contributed by atoms with Crippen molar-refractivity contribution in [3.8, 4) is 0 Å². The van der Waals surface area contributed by atoms with E-state index in [4.69, 9.17) is 5.11 Å². The molecule has 0 aromatic rings. The summed E-state index contributed by atoms with van der Waals surface area (Å²) in [5.74, 6) is -0.400. The van der Waals surface area contributed by atoms with Gasteiger partial charge in [-0.2, -0.15) is 0 Å². The van der Waals surface area contributed by atoms with Crippen LogP contribution in [0.2, 0.25) is 0 Å². The van der Waals surface area contributed by atoms with Crippen molar-refractivity contribution in [1.82, 2.24) is 5.32 Å². The van der Waals surface area contributed by atoms with E-state index in [2.05, 4.69) is 5.32 Å². The summed E-state index contributed by atoms with van der Waals surface area (Å²) in [6.07, 6.45) is 8.13. The third-order valence-corrected chi connectivity index (χ3v) is 3.55. The van der Waals surface area contributed by atoms with Crippen LogP contribution < -0.4 is 5.32 Å². The molecule has 1 fully saturated rings. The summed E-state index contributed by atoms with van der Waals surface area (Å²) < 4.78 is 0. The molecule has 0 aromatic carbocycles. The Bertz CT molecular complexity index is 259. The molecule has 0 aliphatic heterocycles. The maximum absolute atomic E-state index is 11.6. The van der Waals surface area contributed by atoms with Gasteiger partial charge in [0.2, 0.25) is 5.91 Å². The zero-order chi connectivity index (χ0) is 12.7. The minimum Gasteiger partial charge on any atom is -0.480 e. The average Bonchev–Trinajstić information content (AvgIpc) is 2.34. The van der Waals surface area contributed by atoms with Gasteiger partial charge in [-0.15, -0.1) is 0 Å². The minimum absolute atomic E-state index is 0.121. The molecule has 4 heteroatoms. The molecule has 0 radical (unpaired) electrons. The van der Waals surface area contributed by atoms with E-state index < -0.39 is 12.0 Å². The fraction of sp³-hybridized carbons (Fsp3) is 0.846. The second-order valence-corrected chi connectivity index (χ2v) is 4.91. The highest BCUT2D eigenvalue weighted by Crippen LogP contribution is 2.27. The van der Waals surface area contributed by atoms with Gasteiger partial charge in [0.1, 0.15) is 6.04 Å². The summed E-state index contributed by atoms with van der Waals surface area (Å²) in [5.41, 5.74) is 0. The third-order valence-electron chi connectivity index (χ3n) is 3.55. The van der Waals surface area contributed by atoms with E-state index in [1.165, 1.54) is 32.1 Å². The molecule has 0 heterocycles. The molecule has 1 aliphatic carbocycles. The van der Waals surface area contributed by atoms with Crippen molar-refractivity contribution in [2.75, 3.05) is 0 Å². The number of nitrogens with one attached hydrogen (secondary N) is 1. The highest BCUT2D eigenvalue weighted by molar-refractivity contribution is 5.83. The number of carbonyl (C=O) groups excluding carboxylic acids is 1. The standard InChI is InChI=1S/C13H23NO3/c1-2-11(13(16)17)14-12(15)9-8-10-6-4-3-5-7-10/h10-11H,2-9H2,1H3,(H,14,15)(H,16,17)/t11-/m0/s1. The number of aliphatic carboxylic acids is 1. The first kappa shape index (κ1) is 14.0. The molecule has 0 spiro atoms. The van der Waals surface area contributed by atoms with E-state index in [1.54, 1.807) is 6.92 Å². The zero-order valence-corrected chi connectivity index (χ0v) is 10.6. The normalized spacial score (nSPS) is 18.6. The fourth-order valence-electron chi connectivity index (χ4n) is 2.42. The fourth-order valence-corrected chi connectivity index (χ4v) is 2.42.